The Kier molecular flexibility index (Phi) is 4.29. The number of aromatic nitrogens is 2. The number of ether oxygens (including phenoxy) is 1. The molecule has 0 unspecified atom stereocenters. The summed E-state index contributed by atoms with van der Waals surface area (Å²) < 4.78 is 7.00. The maximum Gasteiger partial charge on any atom is 0.189 e. The van der Waals surface area contributed by atoms with E-state index < -0.39 is 0 Å². The second-order valence-corrected chi connectivity index (χ2v) is 5.63. The molecule has 1 aromatic carbocycles. The molecule has 1 aromatic heterocycles. The van der Waals surface area contributed by atoms with Gasteiger partial charge in [0, 0.05) is 28.8 Å². The van der Waals surface area contributed by atoms with Crippen molar-refractivity contribution >= 4 is 23.5 Å². The Labute approximate surface area is 134 Å². The van der Waals surface area contributed by atoms with E-state index in [0.717, 1.165) is 40.9 Å². The Balaban J connectivity index is 1.86. The van der Waals surface area contributed by atoms with Crippen molar-refractivity contribution in [2.75, 3.05) is 13.0 Å². The van der Waals surface area contributed by atoms with Crippen molar-refractivity contribution in [2.24, 2.45) is 0 Å². The molecule has 0 saturated carbocycles. The van der Waals surface area contributed by atoms with E-state index in [9.17, 15) is 4.79 Å². The monoisotopic (exact) mass is 316 g/mol. The van der Waals surface area contributed by atoms with Gasteiger partial charge in [0.05, 0.1) is 19.9 Å². The Morgan fingerprint density at radius 2 is 2.27 bits per heavy atom. The Morgan fingerprint density at radius 1 is 1.41 bits per heavy atom. The number of carbonyl (C=O) groups is 1. The van der Waals surface area contributed by atoms with Gasteiger partial charge in [-0.25, -0.2) is 0 Å². The largest absolute Gasteiger partial charge is 0.497 e. The number of rotatable bonds is 4. The zero-order valence-corrected chi connectivity index (χ0v) is 13.1. The van der Waals surface area contributed by atoms with E-state index in [1.54, 1.807) is 18.0 Å². The number of ketones is 1. The van der Waals surface area contributed by atoms with Crippen LogP contribution in [0, 0.1) is 0 Å². The standard InChI is InChI=1S/C17H17ClN2O2/c1-22-15-4-5-16-13(9-15)2-3-14(17(16)21)8-12-10-19-20(11-12)7-6-18/h4-5,8-11H,2-3,6-7H2,1H3. The first-order valence-electron chi connectivity index (χ1n) is 7.22. The Morgan fingerprint density at radius 3 is 3.05 bits per heavy atom. The number of hydrogen-bond acceptors (Lipinski definition) is 3. The molecule has 5 heteroatoms. The van der Waals surface area contributed by atoms with Gasteiger partial charge in [-0.15, -0.1) is 11.6 Å². The summed E-state index contributed by atoms with van der Waals surface area (Å²) in [6.07, 6.45) is 7.18. The summed E-state index contributed by atoms with van der Waals surface area (Å²) in [5, 5.41) is 4.22. The minimum Gasteiger partial charge on any atom is -0.497 e. The van der Waals surface area contributed by atoms with Gasteiger partial charge >= 0.3 is 0 Å². The highest BCUT2D eigenvalue weighted by atomic mass is 35.5. The van der Waals surface area contributed by atoms with Crippen LogP contribution in [0.4, 0.5) is 0 Å². The Bertz CT molecular complexity index is 734. The third-order valence-electron chi connectivity index (χ3n) is 3.82. The number of Topliss-reactive ketones (excluding diaryl/α,β-unsaturated/α-hetero) is 1. The number of halogens is 1. The lowest BCUT2D eigenvalue weighted by molar-refractivity contribution is 0.102. The fourth-order valence-corrected chi connectivity index (χ4v) is 2.86. The van der Waals surface area contributed by atoms with Gasteiger partial charge in [-0.2, -0.15) is 5.10 Å². The third-order valence-corrected chi connectivity index (χ3v) is 3.99. The lowest BCUT2D eigenvalue weighted by Crippen LogP contribution is -2.14. The SMILES string of the molecule is COc1ccc2c(c1)CCC(=Cc1cnn(CCCl)c1)C2=O. The maximum absolute atomic E-state index is 12.6. The fraction of sp³-hybridized carbons (Fsp3) is 0.294. The van der Waals surface area contributed by atoms with E-state index in [0.29, 0.717) is 12.4 Å². The molecular weight excluding hydrogens is 300 g/mol. The van der Waals surface area contributed by atoms with Gasteiger partial charge < -0.3 is 4.74 Å². The fourth-order valence-electron chi connectivity index (χ4n) is 2.68. The summed E-state index contributed by atoms with van der Waals surface area (Å²) in [4.78, 5) is 12.6. The van der Waals surface area contributed by atoms with E-state index in [1.807, 2.05) is 30.5 Å². The van der Waals surface area contributed by atoms with Crippen LogP contribution in [0.5, 0.6) is 5.75 Å². The van der Waals surface area contributed by atoms with Crippen LogP contribution in [0.15, 0.2) is 36.2 Å². The smallest absolute Gasteiger partial charge is 0.189 e. The van der Waals surface area contributed by atoms with Crippen LogP contribution in [0.1, 0.15) is 27.9 Å². The lowest BCUT2D eigenvalue weighted by atomic mass is 9.86. The van der Waals surface area contributed by atoms with Crippen molar-refractivity contribution in [1.29, 1.82) is 0 Å². The summed E-state index contributed by atoms with van der Waals surface area (Å²) >= 11 is 5.70. The lowest BCUT2D eigenvalue weighted by Gasteiger charge is -2.18. The summed E-state index contributed by atoms with van der Waals surface area (Å²) in [7, 11) is 1.64. The zero-order valence-electron chi connectivity index (χ0n) is 12.4. The van der Waals surface area contributed by atoms with E-state index in [2.05, 4.69) is 5.10 Å². The minimum atomic E-state index is 0.0917. The van der Waals surface area contributed by atoms with Gasteiger partial charge in [0.2, 0.25) is 0 Å². The first kappa shape index (κ1) is 14.9. The highest BCUT2D eigenvalue weighted by Gasteiger charge is 2.22. The van der Waals surface area contributed by atoms with E-state index in [-0.39, 0.29) is 5.78 Å². The topological polar surface area (TPSA) is 44.1 Å². The Hall–Kier alpha value is -2.07. The van der Waals surface area contributed by atoms with Crippen molar-refractivity contribution in [3.8, 4) is 5.75 Å². The molecular formula is C17H17ClN2O2. The van der Waals surface area contributed by atoms with E-state index in [1.165, 1.54) is 0 Å². The molecule has 22 heavy (non-hydrogen) atoms. The average molecular weight is 317 g/mol. The molecule has 1 aliphatic rings. The van der Waals surface area contributed by atoms with Gasteiger partial charge in [-0.3, -0.25) is 9.48 Å². The van der Waals surface area contributed by atoms with Crippen molar-refractivity contribution < 1.29 is 9.53 Å². The number of alkyl halides is 1. The molecule has 0 spiro atoms. The van der Waals surface area contributed by atoms with Gasteiger partial charge in [0.1, 0.15) is 5.75 Å². The van der Waals surface area contributed by atoms with Gasteiger partial charge in [0.15, 0.2) is 5.78 Å². The minimum absolute atomic E-state index is 0.0917. The van der Waals surface area contributed by atoms with Crippen LogP contribution in [0.2, 0.25) is 0 Å². The molecule has 4 nitrogen and oxygen atoms in total. The zero-order chi connectivity index (χ0) is 15.5. The molecule has 0 aliphatic heterocycles. The molecule has 1 aliphatic carbocycles. The van der Waals surface area contributed by atoms with Crippen LogP contribution in [0.3, 0.4) is 0 Å². The van der Waals surface area contributed by atoms with Gasteiger partial charge in [0.25, 0.3) is 0 Å². The molecule has 0 saturated heterocycles. The summed E-state index contributed by atoms with van der Waals surface area (Å²) in [6, 6.07) is 5.63. The molecule has 2 aromatic rings. The van der Waals surface area contributed by atoms with Crippen LogP contribution in [-0.4, -0.2) is 28.6 Å². The van der Waals surface area contributed by atoms with Crippen molar-refractivity contribution in [3.63, 3.8) is 0 Å². The van der Waals surface area contributed by atoms with Gasteiger partial charge in [-0.05, 0) is 42.7 Å². The molecule has 0 N–H and O–H groups in total. The van der Waals surface area contributed by atoms with Crippen LogP contribution >= 0.6 is 11.6 Å². The number of carbonyl (C=O) groups excluding carboxylic acids is 1. The molecule has 114 valence electrons. The number of hydrogen-bond donors (Lipinski definition) is 0. The third kappa shape index (κ3) is 2.92. The second-order valence-electron chi connectivity index (χ2n) is 5.25. The number of benzene rings is 1. The summed E-state index contributed by atoms with van der Waals surface area (Å²) in [5.74, 6) is 1.40. The predicted molar refractivity (Wildman–Crippen MR) is 86.6 cm³/mol. The second kappa shape index (κ2) is 6.36. The average Bonchev–Trinajstić information content (AvgIpc) is 2.97. The molecule has 1 heterocycles. The molecule has 0 atom stereocenters. The van der Waals surface area contributed by atoms with E-state index >= 15 is 0 Å². The number of nitrogens with zero attached hydrogens (tertiary/aromatic N) is 2. The molecule has 0 radical (unpaired) electrons. The summed E-state index contributed by atoms with van der Waals surface area (Å²) in [6.45, 7) is 0.668. The number of allylic oxidation sites excluding steroid dienone is 1. The summed E-state index contributed by atoms with van der Waals surface area (Å²) in [5.41, 5.74) is 3.58. The number of methoxy groups -OCH3 is 1. The van der Waals surface area contributed by atoms with Gasteiger partial charge in [-0.1, -0.05) is 0 Å². The predicted octanol–water partition coefficient (Wildman–Crippen LogP) is 3.34. The molecule has 0 fully saturated rings. The van der Waals surface area contributed by atoms with Crippen LogP contribution in [0.25, 0.3) is 6.08 Å². The van der Waals surface area contributed by atoms with Crippen LogP contribution < -0.4 is 4.74 Å². The highest BCUT2D eigenvalue weighted by molar-refractivity contribution is 6.17. The maximum atomic E-state index is 12.6. The van der Waals surface area contributed by atoms with Crippen molar-refractivity contribution in [3.05, 3.63) is 52.9 Å². The molecule has 0 bridgehead atoms. The number of fused-ring (bicyclic) bond motifs is 1. The highest BCUT2D eigenvalue weighted by Crippen LogP contribution is 2.29. The molecule has 0 amide bonds. The van der Waals surface area contributed by atoms with Crippen molar-refractivity contribution in [2.45, 2.75) is 19.4 Å². The normalized spacial score (nSPS) is 15.9. The number of aryl methyl sites for hydroxylation is 2. The quantitative estimate of drug-likeness (QED) is 0.642. The first-order chi connectivity index (χ1) is 10.7. The molecule has 3 rings (SSSR count). The van der Waals surface area contributed by atoms with E-state index in [4.69, 9.17) is 16.3 Å². The van der Waals surface area contributed by atoms with Crippen LogP contribution in [-0.2, 0) is 13.0 Å². The van der Waals surface area contributed by atoms with Crippen molar-refractivity contribution in [1.82, 2.24) is 9.78 Å². The first-order valence-corrected chi connectivity index (χ1v) is 7.75.